The Hall–Kier alpha value is -1.34. The van der Waals surface area contributed by atoms with Crippen molar-refractivity contribution in [2.45, 2.75) is 18.1 Å². The first kappa shape index (κ1) is 13.1. The molecule has 1 aliphatic rings. The summed E-state index contributed by atoms with van der Waals surface area (Å²) in [6, 6.07) is 6.63. The quantitative estimate of drug-likeness (QED) is 0.769. The number of sulfonamides is 1. The monoisotopic (exact) mass is 286 g/mol. The molecule has 0 atom stereocenters. The molecule has 1 saturated carbocycles. The van der Waals surface area contributed by atoms with Gasteiger partial charge in [0.15, 0.2) is 0 Å². The highest BCUT2D eigenvalue weighted by molar-refractivity contribution is 7.93. The zero-order chi connectivity index (χ0) is 13.2. The van der Waals surface area contributed by atoms with Crippen LogP contribution < -0.4 is 15.2 Å². The van der Waals surface area contributed by atoms with Gasteiger partial charge in [0.2, 0.25) is 10.0 Å². The Bertz CT molecular complexity index is 536. The van der Waals surface area contributed by atoms with E-state index in [-0.39, 0.29) is 16.8 Å². The summed E-state index contributed by atoms with van der Waals surface area (Å²) in [5.74, 6) is 0.595. The molecular formula is C11H14N2O3S2. The molecule has 0 heterocycles. The van der Waals surface area contributed by atoms with Gasteiger partial charge in [-0.3, -0.25) is 4.72 Å². The number of rotatable bonds is 6. The van der Waals surface area contributed by atoms with Crippen LogP contribution in [0.3, 0.4) is 0 Å². The minimum atomic E-state index is -3.21. The molecule has 18 heavy (non-hydrogen) atoms. The first-order chi connectivity index (χ1) is 8.47. The Morgan fingerprint density at radius 1 is 1.39 bits per heavy atom. The van der Waals surface area contributed by atoms with Crippen LogP contribution in [0.4, 0.5) is 5.69 Å². The average Bonchev–Trinajstić information content (AvgIpc) is 3.11. The number of thiocarbonyl (C=S) groups is 1. The fourth-order valence-electron chi connectivity index (χ4n) is 1.40. The highest BCUT2D eigenvalue weighted by Crippen LogP contribution is 2.30. The smallest absolute Gasteiger partial charge is 0.235 e. The summed E-state index contributed by atoms with van der Waals surface area (Å²) in [7, 11) is -3.21. The van der Waals surface area contributed by atoms with E-state index in [1.165, 1.54) is 0 Å². The van der Waals surface area contributed by atoms with Crippen molar-refractivity contribution in [3.63, 3.8) is 0 Å². The van der Waals surface area contributed by atoms with E-state index in [0.29, 0.717) is 11.4 Å². The zero-order valence-corrected chi connectivity index (χ0v) is 11.3. The van der Waals surface area contributed by atoms with Crippen molar-refractivity contribution in [3.05, 3.63) is 24.3 Å². The second-order valence-corrected chi connectivity index (χ2v) is 6.61. The van der Waals surface area contributed by atoms with E-state index in [1.54, 1.807) is 24.3 Å². The summed E-state index contributed by atoms with van der Waals surface area (Å²) in [4.78, 5) is 0.272. The van der Waals surface area contributed by atoms with Crippen molar-refractivity contribution < 1.29 is 13.2 Å². The third-order valence-electron chi connectivity index (χ3n) is 2.46. The van der Waals surface area contributed by atoms with E-state index >= 15 is 0 Å². The lowest BCUT2D eigenvalue weighted by atomic mass is 10.3. The maximum Gasteiger partial charge on any atom is 0.235 e. The Morgan fingerprint density at radius 3 is 2.50 bits per heavy atom. The highest BCUT2D eigenvalue weighted by Gasteiger charge is 2.35. The predicted octanol–water partition coefficient (Wildman–Crippen LogP) is 1.26. The SMILES string of the molecule is NC(=S)COc1ccc(NS(=O)(=O)C2CC2)cc1. The normalized spacial score (nSPS) is 15.1. The van der Waals surface area contributed by atoms with Crippen LogP contribution in [0.15, 0.2) is 24.3 Å². The van der Waals surface area contributed by atoms with Crippen LogP contribution in [-0.4, -0.2) is 25.3 Å². The van der Waals surface area contributed by atoms with Gasteiger partial charge in [0.25, 0.3) is 0 Å². The second kappa shape index (κ2) is 5.11. The van der Waals surface area contributed by atoms with E-state index in [9.17, 15) is 8.42 Å². The first-order valence-corrected chi connectivity index (χ1v) is 7.45. The summed E-state index contributed by atoms with van der Waals surface area (Å²) >= 11 is 4.69. The van der Waals surface area contributed by atoms with E-state index in [1.807, 2.05) is 0 Å². The molecule has 1 aromatic carbocycles. The number of anilines is 1. The molecule has 2 rings (SSSR count). The largest absolute Gasteiger partial charge is 0.487 e. The Labute approximate surface area is 111 Å². The van der Waals surface area contributed by atoms with Gasteiger partial charge in [-0.15, -0.1) is 0 Å². The molecule has 0 aliphatic heterocycles. The fraction of sp³-hybridized carbons (Fsp3) is 0.364. The number of benzene rings is 1. The summed E-state index contributed by atoms with van der Waals surface area (Å²) in [5, 5.41) is -0.233. The highest BCUT2D eigenvalue weighted by atomic mass is 32.2. The molecule has 0 unspecified atom stereocenters. The van der Waals surface area contributed by atoms with Crippen molar-refractivity contribution in [2.75, 3.05) is 11.3 Å². The maximum atomic E-state index is 11.7. The van der Waals surface area contributed by atoms with Crippen LogP contribution in [0.2, 0.25) is 0 Å². The van der Waals surface area contributed by atoms with Crippen LogP contribution in [0, 0.1) is 0 Å². The molecule has 0 amide bonds. The number of ether oxygens (including phenoxy) is 1. The minimum absolute atomic E-state index is 0.169. The van der Waals surface area contributed by atoms with Gasteiger partial charge in [-0.25, -0.2) is 8.42 Å². The third kappa shape index (κ3) is 3.58. The van der Waals surface area contributed by atoms with Gasteiger partial charge in [-0.2, -0.15) is 0 Å². The molecular weight excluding hydrogens is 272 g/mol. The lowest BCUT2D eigenvalue weighted by Gasteiger charge is -2.08. The standard InChI is InChI=1S/C11H14N2O3S2/c12-11(17)7-16-9-3-1-8(2-4-9)13-18(14,15)10-5-6-10/h1-4,10,13H,5-7H2,(H2,12,17). The van der Waals surface area contributed by atoms with Gasteiger partial charge in [0, 0.05) is 5.69 Å². The van der Waals surface area contributed by atoms with Crippen molar-refractivity contribution in [2.24, 2.45) is 5.73 Å². The van der Waals surface area contributed by atoms with Crippen LogP contribution in [0.1, 0.15) is 12.8 Å². The van der Waals surface area contributed by atoms with Crippen molar-refractivity contribution in [3.8, 4) is 5.75 Å². The molecule has 0 saturated heterocycles. The first-order valence-electron chi connectivity index (χ1n) is 5.50. The fourth-order valence-corrected chi connectivity index (χ4v) is 2.85. The number of hydrogen-bond donors (Lipinski definition) is 2. The summed E-state index contributed by atoms with van der Waals surface area (Å²) in [5.41, 5.74) is 5.84. The Kier molecular flexibility index (Phi) is 3.72. The number of nitrogens with two attached hydrogens (primary N) is 1. The molecule has 0 radical (unpaired) electrons. The van der Waals surface area contributed by atoms with Gasteiger partial charge in [-0.1, -0.05) is 12.2 Å². The van der Waals surface area contributed by atoms with E-state index < -0.39 is 10.0 Å². The molecule has 98 valence electrons. The van der Waals surface area contributed by atoms with E-state index in [4.69, 9.17) is 10.5 Å². The number of nitrogens with one attached hydrogen (secondary N) is 1. The van der Waals surface area contributed by atoms with Crippen LogP contribution >= 0.6 is 12.2 Å². The molecule has 0 aromatic heterocycles. The van der Waals surface area contributed by atoms with Crippen LogP contribution in [-0.2, 0) is 10.0 Å². The topological polar surface area (TPSA) is 81.4 Å². The van der Waals surface area contributed by atoms with Crippen LogP contribution in [0.25, 0.3) is 0 Å². The molecule has 1 aromatic rings. The molecule has 1 aliphatic carbocycles. The van der Waals surface area contributed by atoms with E-state index in [2.05, 4.69) is 16.9 Å². The Balaban J connectivity index is 1.97. The average molecular weight is 286 g/mol. The summed E-state index contributed by atoms with van der Waals surface area (Å²) < 4.78 is 31.2. The van der Waals surface area contributed by atoms with Gasteiger partial charge >= 0.3 is 0 Å². The van der Waals surface area contributed by atoms with Gasteiger partial charge < -0.3 is 10.5 Å². The Morgan fingerprint density at radius 2 is 2.00 bits per heavy atom. The zero-order valence-electron chi connectivity index (χ0n) is 9.63. The molecule has 0 bridgehead atoms. The van der Waals surface area contributed by atoms with E-state index in [0.717, 1.165) is 12.8 Å². The summed E-state index contributed by atoms with van der Waals surface area (Å²) in [6.07, 6.45) is 1.48. The minimum Gasteiger partial charge on any atom is -0.487 e. The molecule has 1 fully saturated rings. The van der Waals surface area contributed by atoms with Gasteiger partial charge in [-0.05, 0) is 37.1 Å². The predicted molar refractivity (Wildman–Crippen MR) is 74.3 cm³/mol. The van der Waals surface area contributed by atoms with Gasteiger partial charge in [0.05, 0.1) is 5.25 Å². The molecule has 3 N–H and O–H groups in total. The number of hydrogen-bond acceptors (Lipinski definition) is 4. The molecule has 7 heteroatoms. The van der Waals surface area contributed by atoms with Crippen LogP contribution in [0.5, 0.6) is 5.75 Å². The lowest BCUT2D eigenvalue weighted by Crippen LogP contribution is -2.18. The maximum absolute atomic E-state index is 11.7. The van der Waals surface area contributed by atoms with Crippen molar-refractivity contribution in [1.82, 2.24) is 0 Å². The molecule has 0 spiro atoms. The second-order valence-electron chi connectivity index (χ2n) is 4.13. The third-order valence-corrected chi connectivity index (χ3v) is 4.45. The summed E-state index contributed by atoms with van der Waals surface area (Å²) in [6.45, 7) is 0.169. The van der Waals surface area contributed by atoms with Crippen molar-refractivity contribution >= 4 is 32.9 Å². The lowest BCUT2D eigenvalue weighted by molar-refractivity contribution is 0.377. The van der Waals surface area contributed by atoms with Gasteiger partial charge in [0.1, 0.15) is 17.3 Å². The van der Waals surface area contributed by atoms with Crippen molar-refractivity contribution in [1.29, 1.82) is 0 Å². The molecule has 5 nitrogen and oxygen atoms in total.